The van der Waals surface area contributed by atoms with Gasteiger partial charge in [-0.1, -0.05) is 13.8 Å². The summed E-state index contributed by atoms with van der Waals surface area (Å²) in [6, 6.07) is 13.7. The third-order valence-electron chi connectivity index (χ3n) is 5.23. The third kappa shape index (κ3) is 4.97. The van der Waals surface area contributed by atoms with Crippen molar-refractivity contribution in [3.8, 4) is 0 Å². The number of nitrogens with zero attached hydrogens (tertiary/aromatic N) is 2. The fraction of sp³-hybridized carbons (Fsp3) is 0.409. The second-order valence-corrected chi connectivity index (χ2v) is 10.1. The Hall–Kier alpha value is -2.38. The first-order valence-electron chi connectivity index (χ1n) is 9.86. The lowest BCUT2D eigenvalue weighted by Gasteiger charge is -2.34. The molecule has 0 saturated carbocycles. The predicted octanol–water partition coefficient (Wildman–Crippen LogP) is 3.67. The quantitative estimate of drug-likeness (QED) is 0.809. The van der Waals surface area contributed by atoms with Crippen LogP contribution in [0.3, 0.4) is 0 Å². The van der Waals surface area contributed by atoms with Gasteiger partial charge in [-0.2, -0.15) is 4.31 Å². The number of carbonyl (C=O) groups is 1. The van der Waals surface area contributed by atoms with Crippen LogP contribution in [0.5, 0.6) is 0 Å². The van der Waals surface area contributed by atoms with Gasteiger partial charge in [0.15, 0.2) is 0 Å². The van der Waals surface area contributed by atoms with Crippen LogP contribution in [0.2, 0.25) is 0 Å². The highest BCUT2D eigenvalue weighted by Crippen LogP contribution is 2.27. The van der Waals surface area contributed by atoms with E-state index in [2.05, 4.69) is 19.2 Å². The van der Waals surface area contributed by atoms with Gasteiger partial charge in [0.2, 0.25) is 10.0 Å². The van der Waals surface area contributed by atoms with Gasteiger partial charge in [-0.05, 0) is 66.8 Å². The zero-order chi connectivity index (χ0) is 21.2. The topological polar surface area (TPSA) is 69.7 Å². The van der Waals surface area contributed by atoms with E-state index in [0.717, 1.165) is 12.1 Å². The Bertz CT molecular complexity index is 944. The largest absolute Gasteiger partial charge is 0.378 e. The molecule has 7 heteroatoms. The molecule has 1 aliphatic heterocycles. The van der Waals surface area contributed by atoms with Crippen molar-refractivity contribution in [1.29, 1.82) is 0 Å². The Morgan fingerprint density at radius 3 is 2.03 bits per heavy atom. The first-order valence-corrected chi connectivity index (χ1v) is 11.3. The van der Waals surface area contributed by atoms with Crippen LogP contribution in [0.1, 0.15) is 30.6 Å². The Morgan fingerprint density at radius 1 is 0.966 bits per heavy atom. The zero-order valence-corrected chi connectivity index (χ0v) is 18.2. The average molecular weight is 416 g/mol. The lowest BCUT2D eigenvalue weighted by atomic mass is 9.94. The summed E-state index contributed by atoms with van der Waals surface area (Å²) in [7, 11) is 0.359. The predicted molar refractivity (Wildman–Crippen MR) is 117 cm³/mol. The number of nitrogens with one attached hydrogen (secondary N) is 1. The fourth-order valence-electron chi connectivity index (χ4n) is 3.78. The molecule has 2 aromatic carbocycles. The second kappa shape index (κ2) is 8.55. The highest BCUT2D eigenvalue weighted by atomic mass is 32.2. The number of hydrogen-bond acceptors (Lipinski definition) is 4. The van der Waals surface area contributed by atoms with E-state index in [9.17, 15) is 13.2 Å². The standard InChI is InChI=1S/C22H29N3O3S/c1-16-13-17(2)15-25(14-16)29(27,28)21-11-7-19(8-12-21)23-22(26)18-5-9-20(10-6-18)24(3)4/h5-12,16-17H,13-15H2,1-4H3,(H,23,26)/t16-,17+. The van der Waals surface area contributed by atoms with Crippen molar-refractivity contribution in [2.24, 2.45) is 11.8 Å². The van der Waals surface area contributed by atoms with Crippen molar-refractivity contribution >= 4 is 27.3 Å². The lowest BCUT2D eigenvalue weighted by Crippen LogP contribution is -2.42. The summed E-state index contributed by atoms with van der Waals surface area (Å²) in [4.78, 5) is 14.7. The molecule has 29 heavy (non-hydrogen) atoms. The van der Waals surface area contributed by atoms with E-state index in [-0.39, 0.29) is 10.8 Å². The minimum Gasteiger partial charge on any atom is -0.378 e. The summed E-state index contributed by atoms with van der Waals surface area (Å²) in [5.74, 6) is 0.474. The molecule has 1 N–H and O–H groups in total. The fourth-order valence-corrected chi connectivity index (χ4v) is 5.46. The number of hydrogen-bond donors (Lipinski definition) is 1. The average Bonchev–Trinajstić information content (AvgIpc) is 2.67. The normalized spacial score (nSPS) is 20.3. The first kappa shape index (κ1) is 21.3. The number of anilines is 2. The van der Waals surface area contributed by atoms with Crippen molar-refractivity contribution in [2.45, 2.75) is 25.2 Å². The molecule has 1 saturated heterocycles. The minimum absolute atomic E-state index is 0.232. The number of benzene rings is 2. The van der Waals surface area contributed by atoms with Crippen LogP contribution in [-0.2, 0) is 10.0 Å². The summed E-state index contributed by atoms with van der Waals surface area (Å²) in [6.45, 7) is 5.27. The van der Waals surface area contributed by atoms with E-state index >= 15 is 0 Å². The molecule has 1 fully saturated rings. The number of piperidine rings is 1. The van der Waals surface area contributed by atoms with Gasteiger partial charge in [0.05, 0.1) is 4.90 Å². The summed E-state index contributed by atoms with van der Waals surface area (Å²) in [6.07, 6.45) is 1.05. The minimum atomic E-state index is -3.52. The van der Waals surface area contributed by atoms with Crippen LogP contribution in [0.4, 0.5) is 11.4 Å². The molecular formula is C22H29N3O3S. The Labute approximate surface area is 173 Å². The molecule has 0 bridgehead atoms. The Kier molecular flexibility index (Phi) is 6.29. The van der Waals surface area contributed by atoms with E-state index in [4.69, 9.17) is 0 Å². The second-order valence-electron chi connectivity index (χ2n) is 8.19. The molecule has 0 aliphatic carbocycles. The van der Waals surface area contributed by atoms with E-state index in [1.54, 1.807) is 40.7 Å². The van der Waals surface area contributed by atoms with E-state index < -0.39 is 10.0 Å². The lowest BCUT2D eigenvalue weighted by molar-refractivity contribution is 0.102. The van der Waals surface area contributed by atoms with Gasteiger partial charge in [-0.15, -0.1) is 0 Å². The molecule has 1 heterocycles. The number of sulfonamides is 1. The maximum absolute atomic E-state index is 13.0. The van der Waals surface area contributed by atoms with Crippen LogP contribution in [-0.4, -0.2) is 45.8 Å². The van der Waals surface area contributed by atoms with E-state index in [0.29, 0.717) is 36.2 Å². The van der Waals surface area contributed by atoms with Gasteiger partial charge in [0.25, 0.3) is 5.91 Å². The van der Waals surface area contributed by atoms with Gasteiger partial charge >= 0.3 is 0 Å². The maximum Gasteiger partial charge on any atom is 0.255 e. The maximum atomic E-state index is 13.0. The summed E-state index contributed by atoms with van der Waals surface area (Å²) in [5.41, 5.74) is 2.12. The number of carbonyl (C=O) groups excluding carboxylic acids is 1. The van der Waals surface area contributed by atoms with Crippen molar-refractivity contribution in [2.75, 3.05) is 37.4 Å². The summed E-state index contributed by atoms with van der Waals surface area (Å²) < 4.78 is 27.5. The van der Waals surface area contributed by atoms with E-state index in [1.807, 2.05) is 31.1 Å². The molecule has 2 atom stereocenters. The number of amides is 1. The first-order chi connectivity index (χ1) is 13.7. The van der Waals surface area contributed by atoms with Gasteiger partial charge < -0.3 is 10.2 Å². The molecule has 1 amide bonds. The van der Waals surface area contributed by atoms with Crippen LogP contribution in [0.15, 0.2) is 53.4 Å². The highest BCUT2D eigenvalue weighted by Gasteiger charge is 2.31. The van der Waals surface area contributed by atoms with Crippen molar-refractivity contribution in [3.05, 3.63) is 54.1 Å². The third-order valence-corrected chi connectivity index (χ3v) is 7.08. The molecule has 0 radical (unpaired) electrons. The highest BCUT2D eigenvalue weighted by molar-refractivity contribution is 7.89. The SMILES string of the molecule is C[C@@H]1C[C@H](C)CN(S(=O)(=O)c2ccc(NC(=O)c3ccc(N(C)C)cc3)cc2)C1. The van der Waals surface area contributed by atoms with Gasteiger partial charge in [0.1, 0.15) is 0 Å². The van der Waals surface area contributed by atoms with Gasteiger partial charge in [0, 0.05) is 44.1 Å². The van der Waals surface area contributed by atoms with Gasteiger partial charge in [-0.3, -0.25) is 4.79 Å². The molecule has 2 aromatic rings. The van der Waals surface area contributed by atoms with Crippen molar-refractivity contribution < 1.29 is 13.2 Å². The van der Waals surface area contributed by atoms with Crippen LogP contribution in [0.25, 0.3) is 0 Å². The molecule has 0 spiro atoms. The van der Waals surface area contributed by atoms with Crippen LogP contribution in [0, 0.1) is 11.8 Å². The number of rotatable bonds is 5. The van der Waals surface area contributed by atoms with Crippen LogP contribution >= 0.6 is 0 Å². The molecule has 156 valence electrons. The zero-order valence-electron chi connectivity index (χ0n) is 17.4. The monoisotopic (exact) mass is 415 g/mol. The molecule has 0 aromatic heterocycles. The molecule has 1 aliphatic rings. The van der Waals surface area contributed by atoms with E-state index in [1.165, 1.54) is 0 Å². The van der Waals surface area contributed by atoms with Crippen molar-refractivity contribution in [3.63, 3.8) is 0 Å². The molecular weight excluding hydrogens is 386 g/mol. The molecule has 3 rings (SSSR count). The van der Waals surface area contributed by atoms with Crippen LogP contribution < -0.4 is 10.2 Å². The Morgan fingerprint density at radius 2 is 1.52 bits per heavy atom. The smallest absolute Gasteiger partial charge is 0.255 e. The van der Waals surface area contributed by atoms with Gasteiger partial charge in [-0.25, -0.2) is 8.42 Å². The Balaban J connectivity index is 1.70. The molecule has 6 nitrogen and oxygen atoms in total. The molecule has 0 unspecified atom stereocenters. The summed E-state index contributed by atoms with van der Waals surface area (Å²) >= 11 is 0. The summed E-state index contributed by atoms with van der Waals surface area (Å²) in [5, 5.41) is 2.82. The van der Waals surface area contributed by atoms with Crippen molar-refractivity contribution in [1.82, 2.24) is 4.31 Å².